The summed E-state index contributed by atoms with van der Waals surface area (Å²) < 4.78 is 6.42. The maximum atomic E-state index is 11.4. The van der Waals surface area contributed by atoms with Crippen LogP contribution in [0.3, 0.4) is 0 Å². The quantitative estimate of drug-likeness (QED) is 0.494. The Balaban J connectivity index is 2.75. The maximum Gasteiger partial charge on any atom is 0.274 e. The molecule has 1 unspecified atom stereocenters. The average Bonchev–Trinajstić information content (AvgIpc) is 2.30. The fourth-order valence-corrected chi connectivity index (χ4v) is 1.67. The van der Waals surface area contributed by atoms with Gasteiger partial charge in [-0.2, -0.15) is 0 Å². The number of halogens is 1. The number of ether oxygens (including phenoxy) is 1. The van der Waals surface area contributed by atoms with Crippen LogP contribution in [-0.2, 0) is 4.79 Å². The van der Waals surface area contributed by atoms with Crippen molar-refractivity contribution in [3.63, 3.8) is 0 Å². The second-order valence-electron chi connectivity index (χ2n) is 3.33. The molecule has 0 saturated heterocycles. The Bertz CT molecular complexity index is 358. The summed E-state index contributed by atoms with van der Waals surface area (Å²) in [6.45, 7) is 1.99. The molecule has 0 fully saturated rings. The van der Waals surface area contributed by atoms with Crippen molar-refractivity contribution in [3.8, 4) is 5.75 Å². The van der Waals surface area contributed by atoms with E-state index >= 15 is 0 Å². The largest absolute Gasteiger partial charge is 0.479 e. The lowest BCUT2D eigenvalue weighted by atomic mass is 10.2. The molecule has 0 saturated carbocycles. The van der Waals surface area contributed by atoms with Gasteiger partial charge in [-0.15, -0.1) is 0 Å². The zero-order valence-corrected chi connectivity index (χ0v) is 10.7. The Kier molecular flexibility index (Phi) is 5.28. The third kappa shape index (κ3) is 3.50. The number of para-hydroxylation sites is 1. The summed E-state index contributed by atoms with van der Waals surface area (Å²) in [7, 11) is 0. The van der Waals surface area contributed by atoms with Crippen molar-refractivity contribution in [1.29, 1.82) is 0 Å². The first-order valence-corrected chi connectivity index (χ1v) is 5.90. The highest BCUT2D eigenvalue weighted by Gasteiger charge is 2.19. The number of carbonyl (C=O) groups excluding carboxylic acids is 1. The Labute approximate surface area is 103 Å². The molecule has 0 aromatic heterocycles. The number of amides is 1. The molecule has 1 aromatic rings. The number of carbonyl (C=O) groups is 1. The van der Waals surface area contributed by atoms with Crippen LogP contribution in [0.1, 0.15) is 19.8 Å². The van der Waals surface area contributed by atoms with Crippen molar-refractivity contribution < 1.29 is 9.53 Å². The van der Waals surface area contributed by atoms with Crippen LogP contribution in [0.25, 0.3) is 0 Å². The summed E-state index contributed by atoms with van der Waals surface area (Å²) in [5.41, 5.74) is 2.11. The van der Waals surface area contributed by atoms with Gasteiger partial charge in [0, 0.05) is 0 Å². The number of nitrogens with one attached hydrogen (secondary N) is 1. The summed E-state index contributed by atoms with van der Waals surface area (Å²) in [5, 5.41) is 0. The van der Waals surface area contributed by atoms with Gasteiger partial charge in [-0.05, 0) is 34.5 Å². The van der Waals surface area contributed by atoms with Crippen molar-refractivity contribution in [2.45, 2.75) is 25.9 Å². The standard InChI is InChI=1S/C11H15BrN2O2/c1-2-5-10(11(15)14-13)16-9-7-4-3-6-8(9)12/h3-4,6-7,10H,2,5,13H2,1H3,(H,14,15). The molecule has 1 rings (SSSR count). The molecule has 16 heavy (non-hydrogen) atoms. The van der Waals surface area contributed by atoms with Gasteiger partial charge in [-0.1, -0.05) is 25.5 Å². The lowest BCUT2D eigenvalue weighted by molar-refractivity contribution is -0.128. The molecule has 3 N–H and O–H groups in total. The zero-order chi connectivity index (χ0) is 12.0. The van der Waals surface area contributed by atoms with Crippen LogP contribution in [0.5, 0.6) is 5.75 Å². The molecule has 0 aliphatic rings. The van der Waals surface area contributed by atoms with E-state index in [1.165, 1.54) is 0 Å². The SMILES string of the molecule is CCCC(Oc1ccccc1Br)C(=O)NN. The molecule has 0 radical (unpaired) electrons. The van der Waals surface area contributed by atoms with Crippen LogP contribution >= 0.6 is 15.9 Å². The predicted molar refractivity (Wildman–Crippen MR) is 65.8 cm³/mol. The van der Waals surface area contributed by atoms with Crippen LogP contribution in [0.15, 0.2) is 28.7 Å². The van der Waals surface area contributed by atoms with Crippen molar-refractivity contribution >= 4 is 21.8 Å². The van der Waals surface area contributed by atoms with Crippen LogP contribution in [0.2, 0.25) is 0 Å². The summed E-state index contributed by atoms with van der Waals surface area (Å²) in [6, 6.07) is 7.40. The minimum absolute atomic E-state index is 0.308. The normalized spacial score (nSPS) is 11.9. The summed E-state index contributed by atoms with van der Waals surface area (Å²) in [6.07, 6.45) is 0.932. The van der Waals surface area contributed by atoms with Gasteiger partial charge in [-0.3, -0.25) is 10.2 Å². The monoisotopic (exact) mass is 286 g/mol. The Morgan fingerprint density at radius 3 is 2.81 bits per heavy atom. The van der Waals surface area contributed by atoms with Crippen molar-refractivity contribution in [2.24, 2.45) is 5.84 Å². The smallest absolute Gasteiger partial charge is 0.274 e. The third-order valence-electron chi connectivity index (χ3n) is 2.09. The van der Waals surface area contributed by atoms with E-state index in [-0.39, 0.29) is 5.91 Å². The molecular weight excluding hydrogens is 272 g/mol. The van der Waals surface area contributed by atoms with Crippen LogP contribution in [0.4, 0.5) is 0 Å². The van der Waals surface area contributed by atoms with Gasteiger partial charge in [0.05, 0.1) is 4.47 Å². The van der Waals surface area contributed by atoms with E-state index in [2.05, 4.69) is 21.4 Å². The van der Waals surface area contributed by atoms with Crippen molar-refractivity contribution in [2.75, 3.05) is 0 Å². The number of hydrogen-bond acceptors (Lipinski definition) is 3. The molecule has 0 heterocycles. The van der Waals surface area contributed by atoms with E-state index in [0.717, 1.165) is 10.9 Å². The first kappa shape index (κ1) is 13.0. The van der Waals surface area contributed by atoms with Gasteiger partial charge in [0.1, 0.15) is 5.75 Å². The van der Waals surface area contributed by atoms with Gasteiger partial charge in [0.25, 0.3) is 5.91 Å². The van der Waals surface area contributed by atoms with E-state index in [9.17, 15) is 4.79 Å². The van der Waals surface area contributed by atoms with E-state index < -0.39 is 6.10 Å². The molecular formula is C11H15BrN2O2. The van der Waals surface area contributed by atoms with Crippen LogP contribution in [-0.4, -0.2) is 12.0 Å². The first-order valence-electron chi connectivity index (χ1n) is 5.10. The van der Waals surface area contributed by atoms with Gasteiger partial charge >= 0.3 is 0 Å². The minimum atomic E-state index is -0.548. The molecule has 0 aliphatic carbocycles. The first-order chi connectivity index (χ1) is 7.69. The number of hydrazine groups is 1. The Morgan fingerprint density at radius 2 is 2.25 bits per heavy atom. The van der Waals surface area contributed by atoms with Gasteiger partial charge in [0.2, 0.25) is 0 Å². The third-order valence-corrected chi connectivity index (χ3v) is 2.75. The lowest BCUT2D eigenvalue weighted by Gasteiger charge is -2.17. The predicted octanol–water partition coefficient (Wildman–Crippen LogP) is 1.99. The lowest BCUT2D eigenvalue weighted by Crippen LogP contribution is -2.42. The molecule has 0 bridgehead atoms. The van der Waals surface area contributed by atoms with Crippen molar-refractivity contribution in [3.05, 3.63) is 28.7 Å². The molecule has 0 spiro atoms. The zero-order valence-electron chi connectivity index (χ0n) is 9.07. The molecule has 1 atom stereocenters. The summed E-state index contributed by atoms with van der Waals surface area (Å²) in [4.78, 5) is 11.4. The molecule has 1 aromatic carbocycles. The van der Waals surface area contributed by atoms with E-state index in [1.807, 2.05) is 25.1 Å². The fraction of sp³-hybridized carbons (Fsp3) is 0.364. The van der Waals surface area contributed by atoms with Gasteiger partial charge in [0.15, 0.2) is 6.10 Å². The fourth-order valence-electron chi connectivity index (χ4n) is 1.29. The van der Waals surface area contributed by atoms with Gasteiger partial charge in [-0.25, -0.2) is 5.84 Å². The molecule has 5 heteroatoms. The highest BCUT2D eigenvalue weighted by Crippen LogP contribution is 2.25. The summed E-state index contributed by atoms with van der Waals surface area (Å²) in [5.74, 6) is 5.44. The van der Waals surface area contributed by atoms with Crippen LogP contribution in [0, 0.1) is 0 Å². The second-order valence-corrected chi connectivity index (χ2v) is 4.19. The topological polar surface area (TPSA) is 64.3 Å². The van der Waals surface area contributed by atoms with Gasteiger partial charge < -0.3 is 4.74 Å². The molecule has 1 amide bonds. The highest BCUT2D eigenvalue weighted by molar-refractivity contribution is 9.10. The molecule has 88 valence electrons. The van der Waals surface area contributed by atoms with Crippen LogP contribution < -0.4 is 16.0 Å². The Morgan fingerprint density at radius 1 is 1.56 bits per heavy atom. The summed E-state index contributed by atoms with van der Waals surface area (Å²) >= 11 is 3.36. The second kappa shape index (κ2) is 6.50. The molecule has 0 aliphatic heterocycles. The number of benzene rings is 1. The number of hydrogen-bond donors (Lipinski definition) is 2. The minimum Gasteiger partial charge on any atom is -0.479 e. The highest BCUT2D eigenvalue weighted by atomic mass is 79.9. The Hall–Kier alpha value is -1.07. The molecule has 4 nitrogen and oxygen atoms in total. The van der Waals surface area contributed by atoms with E-state index in [4.69, 9.17) is 10.6 Å². The number of rotatable bonds is 5. The maximum absolute atomic E-state index is 11.4. The van der Waals surface area contributed by atoms with E-state index in [0.29, 0.717) is 12.2 Å². The average molecular weight is 287 g/mol. The van der Waals surface area contributed by atoms with E-state index in [1.54, 1.807) is 6.07 Å². The number of nitrogens with two attached hydrogens (primary N) is 1. The van der Waals surface area contributed by atoms with Crippen molar-refractivity contribution in [1.82, 2.24) is 5.43 Å².